The van der Waals surface area contributed by atoms with E-state index in [0.29, 0.717) is 13.0 Å². The van der Waals surface area contributed by atoms with Crippen molar-refractivity contribution >= 4 is 23.2 Å². The largest absolute Gasteiger partial charge is 0.447 e. The zero-order chi connectivity index (χ0) is 21.3. The molecule has 0 bridgehead atoms. The lowest BCUT2D eigenvalue weighted by atomic mass is 10.1. The number of alkyl carbamates (subject to hydrolysis) is 1. The van der Waals surface area contributed by atoms with Crippen LogP contribution >= 0.6 is 0 Å². The molecule has 3 aromatic heterocycles. The first-order chi connectivity index (χ1) is 14.4. The van der Waals surface area contributed by atoms with Gasteiger partial charge in [-0.15, -0.1) is 0 Å². The van der Waals surface area contributed by atoms with E-state index in [1.54, 1.807) is 6.20 Å². The number of nitrogens with zero attached hydrogens (tertiary/aromatic N) is 4. The van der Waals surface area contributed by atoms with Crippen molar-refractivity contribution < 1.29 is 24.5 Å². The average molecular weight is 420 g/mol. The number of aromatic amines is 2. The van der Waals surface area contributed by atoms with E-state index < -0.39 is 36.2 Å². The lowest BCUT2D eigenvalue weighted by molar-refractivity contribution is -0.0533. The topological polar surface area (TPSA) is 206 Å². The summed E-state index contributed by atoms with van der Waals surface area (Å²) in [5.41, 5.74) is 5.97. The Labute approximate surface area is 168 Å². The van der Waals surface area contributed by atoms with E-state index in [4.69, 9.17) is 15.2 Å². The van der Waals surface area contributed by atoms with Crippen molar-refractivity contribution in [1.82, 2.24) is 34.8 Å². The molecule has 1 amide bonds. The fraction of sp³-hybridized carbons (Fsp3) is 0.438. The van der Waals surface area contributed by atoms with Crippen molar-refractivity contribution in [3.05, 3.63) is 34.9 Å². The molecule has 3 aromatic rings. The summed E-state index contributed by atoms with van der Waals surface area (Å²) in [7, 11) is 0. The number of aliphatic hydroxyl groups is 2. The minimum absolute atomic E-state index is 0.00540. The normalized spacial score (nSPS) is 23.7. The molecule has 0 radical (unpaired) electrons. The van der Waals surface area contributed by atoms with Crippen LogP contribution in [0.15, 0.2) is 23.6 Å². The number of aliphatic hydroxyl groups excluding tert-OH is 2. The van der Waals surface area contributed by atoms with Gasteiger partial charge in [0.25, 0.3) is 5.56 Å². The molecular weight excluding hydrogens is 400 g/mol. The van der Waals surface area contributed by atoms with Gasteiger partial charge < -0.3 is 35.7 Å². The van der Waals surface area contributed by atoms with Crippen molar-refractivity contribution in [2.24, 2.45) is 0 Å². The maximum Gasteiger partial charge on any atom is 0.407 e. The number of imidazole rings is 2. The first-order valence-corrected chi connectivity index (χ1v) is 9.06. The third kappa shape index (κ3) is 3.83. The summed E-state index contributed by atoms with van der Waals surface area (Å²) in [6, 6.07) is 0. The predicted octanol–water partition coefficient (Wildman–Crippen LogP) is -1.99. The number of amides is 1. The molecule has 1 fully saturated rings. The summed E-state index contributed by atoms with van der Waals surface area (Å²) >= 11 is 0. The van der Waals surface area contributed by atoms with Crippen LogP contribution in [-0.4, -0.2) is 77.3 Å². The minimum Gasteiger partial charge on any atom is -0.447 e. The molecule has 14 heteroatoms. The van der Waals surface area contributed by atoms with Crippen molar-refractivity contribution in [2.45, 2.75) is 31.0 Å². The first kappa shape index (κ1) is 19.8. The number of carbonyl (C=O) groups excluding carboxylic acids is 1. The van der Waals surface area contributed by atoms with Crippen molar-refractivity contribution in [3.63, 3.8) is 0 Å². The van der Waals surface area contributed by atoms with E-state index >= 15 is 0 Å². The molecular formula is C16H20N8O6. The van der Waals surface area contributed by atoms with E-state index in [9.17, 15) is 19.8 Å². The molecule has 0 unspecified atom stereocenters. The smallest absolute Gasteiger partial charge is 0.407 e. The van der Waals surface area contributed by atoms with Crippen LogP contribution in [0.3, 0.4) is 0 Å². The fourth-order valence-corrected chi connectivity index (χ4v) is 3.16. The van der Waals surface area contributed by atoms with E-state index in [2.05, 4.69) is 30.2 Å². The lowest BCUT2D eigenvalue weighted by Crippen LogP contribution is -2.36. The van der Waals surface area contributed by atoms with Crippen LogP contribution in [0.1, 0.15) is 11.9 Å². The highest BCUT2D eigenvalue weighted by Gasteiger charge is 2.45. The zero-order valence-electron chi connectivity index (χ0n) is 15.6. The maximum absolute atomic E-state index is 11.9. The van der Waals surface area contributed by atoms with E-state index in [1.165, 1.54) is 17.2 Å². The van der Waals surface area contributed by atoms with Crippen molar-refractivity contribution in [2.75, 3.05) is 18.9 Å². The molecule has 1 saturated heterocycles. The molecule has 30 heavy (non-hydrogen) atoms. The average Bonchev–Trinajstić information content (AvgIpc) is 3.42. The summed E-state index contributed by atoms with van der Waals surface area (Å²) in [4.78, 5) is 40.8. The SMILES string of the molecule is Nc1nc2c(ncn2[C@@H]2O[C@H](COC(=O)NCCc3cnc[nH]3)[C@@H](O)[C@H]2O)c(=O)[nH]1. The monoisotopic (exact) mass is 420 g/mol. The zero-order valence-corrected chi connectivity index (χ0v) is 15.6. The molecule has 160 valence electrons. The standard InChI is InChI=1S/C16H20N8O6/c17-15-22-12-9(13(27)23-15)21-6-24(12)14-11(26)10(25)8(30-14)4-29-16(28)19-2-1-7-3-18-5-20-7/h3,5-6,8,10-11,14,25-26H,1-2,4H2,(H,18,20)(H,19,28)(H3,17,22,23,27)/t8-,10-,11-,14-/m1/s1. The van der Waals surface area contributed by atoms with Gasteiger partial charge in [0, 0.05) is 24.9 Å². The third-order valence-electron chi connectivity index (χ3n) is 4.66. The second kappa shape index (κ2) is 8.10. The number of nitrogens with one attached hydrogen (secondary N) is 3. The fourth-order valence-electron chi connectivity index (χ4n) is 3.16. The molecule has 14 nitrogen and oxygen atoms in total. The number of hydrogen-bond donors (Lipinski definition) is 6. The van der Waals surface area contributed by atoms with Gasteiger partial charge in [0.05, 0.1) is 12.7 Å². The Bertz CT molecular complexity index is 1080. The molecule has 1 aliphatic rings. The van der Waals surface area contributed by atoms with Crippen molar-refractivity contribution in [3.8, 4) is 0 Å². The number of nitrogens with two attached hydrogens (primary N) is 1. The quantitative estimate of drug-likeness (QED) is 0.259. The van der Waals surface area contributed by atoms with Crippen LogP contribution in [0.25, 0.3) is 11.2 Å². The van der Waals surface area contributed by atoms with Crippen LogP contribution in [0.2, 0.25) is 0 Å². The number of carbonyl (C=O) groups is 1. The number of ether oxygens (including phenoxy) is 2. The summed E-state index contributed by atoms with van der Waals surface area (Å²) in [6.07, 6.45) is -0.537. The molecule has 0 aliphatic carbocycles. The molecule has 0 saturated carbocycles. The van der Waals surface area contributed by atoms with Gasteiger partial charge in [-0.3, -0.25) is 14.3 Å². The second-order valence-electron chi connectivity index (χ2n) is 6.67. The van der Waals surface area contributed by atoms with Gasteiger partial charge in [-0.05, 0) is 0 Å². The Kier molecular flexibility index (Phi) is 5.35. The first-order valence-electron chi connectivity index (χ1n) is 9.06. The van der Waals surface area contributed by atoms with E-state index in [-0.39, 0.29) is 23.7 Å². The highest BCUT2D eigenvalue weighted by Crippen LogP contribution is 2.31. The Hall–Kier alpha value is -3.49. The van der Waals surface area contributed by atoms with Gasteiger partial charge in [0.2, 0.25) is 5.95 Å². The molecule has 0 spiro atoms. The number of nitrogen functional groups attached to an aromatic ring is 1. The van der Waals surface area contributed by atoms with Crippen LogP contribution < -0.4 is 16.6 Å². The summed E-state index contributed by atoms with van der Waals surface area (Å²) < 4.78 is 12.0. The molecule has 4 heterocycles. The van der Waals surface area contributed by atoms with Crippen LogP contribution in [0, 0.1) is 0 Å². The van der Waals surface area contributed by atoms with Crippen molar-refractivity contribution in [1.29, 1.82) is 0 Å². The Balaban J connectivity index is 1.36. The molecule has 1 aliphatic heterocycles. The Morgan fingerprint density at radius 1 is 1.40 bits per heavy atom. The van der Waals surface area contributed by atoms with Crippen LogP contribution in [0.4, 0.5) is 10.7 Å². The highest BCUT2D eigenvalue weighted by molar-refractivity contribution is 5.70. The molecule has 7 N–H and O–H groups in total. The minimum atomic E-state index is -1.37. The maximum atomic E-state index is 11.9. The molecule has 4 atom stereocenters. The number of anilines is 1. The van der Waals surface area contributed by atoms with Gasteiger partial charge in [-0.1, -0.05) is 0 Å². The summed E-state index contributed by atoms with van der Waals surface area (Å²) in [5.74, 6) is -0.131. The second-order valence-corrected chi connectivity index (χ2v) is 6.67. The van der Waals surface area contributed by atoms with Crippen LogP contribution in [0.5, 0.6) is 0 Å². The van der Waals surface area contributed by atoms with Gasteiger partial charge in [-0.2, -0.15) is 4.98 Å². The van der Waals surface area contributed by atoms with Gasteiger partial charge in [0.1, 0.15) is 24.9 Å². The number of H-pyrrole nitrogens is 2. The number of rotatable bonds is 6. The molecule has 0 aromatic carbocycles. The van der Waals surface area contributed by atoms with Crippen LogP contribution in [-0.2, 0) is 15.9 Å². The van der Waals surface area contributed by atoms with Gasteiger partial charge >= 0.3 is 6.09 Å². The van der Waals surface area contributed by atoms with Gasteiger partial charge in [0.15, 0.2) is 17.4 Å². The highest BCUT2D eigenvalue weighted by atomic mass is 16.6. The Morgan fingerprint density at radius 3 is 3.00 bits per heavy atom. The predicted molar refractivity (Wildman–Crippen MR) is 100 cm³/mol. The number of hydrogen-bond acceptors (Lipinski definition) is 10. The summed E-state index contributed by atoms with van der Waals surface area (Å²) in [6.45, 7) is 0.0242. The van der Waals surface area contributed by atoms with E-state index in [0.717, 1.165) is 5.69 Å². The lowest BCUT2D eigenvalue weighted by Gasteiger charge is -2.16. The summed E-state index contributed by atoms with van der Waals surface area (Å²) in [5, 5.41) is 23.2. The third-order valence-corrected chi connectivity index (χ3v) is 4.66. The van der Waals surface area contributed by atoms with Gasteiger partial charge in [-0.25, -0.2) is 14.8 Å². The molecule has 4 rings (SSSR count). The Morgan fingerprint density at radius 2 is 2.23 bits per heavy atom. The number of fused-ring (bicyclic) bond motifs is 1. The number of aromatic nitrogens is 6. The van der Waals surface area contributed by atoms with E-state index in [1.807, 2.05) is 0 Å².